The Kier molecular flexibility index (Phi) is 4.76. The first-order valence-corrected chi connectivity index (χ1v) is 9.84. The lowest BCUT2D eigenvalue weighted by Gasteiger charge is -2.37. The molecule has 1 atom stereocenters. The molecule has 2 aliphatic heterocycles. The van der Waals surface area contributed by atoms with E-state index in [4.69, 9.17) is 4.74 Å². The largest absolute Gasteiger partial charge is 0.478 e. The Hall–Kier alpha value is -1.52. The zero-order valence-electron chi connectivity index (χ0n) is 14.6. The fourth-order valence-electron chi connectivity index (χ4n) is 4.71. The number of hydrogen-bond donors (Lipinski definition) is 0. The molecule has 0 aromatic carbocycles. The van der Waals surface area contributed by atoms with Gasteiger partial charge in [0.15, 0.2) is 5.69 Å². The van der Waals surface area contributed by atoms with Gasteiger partial charge >= 0.3 is 0 Å². The number of nitrogens with zero attached hydrogens (tertiary/aromatic N) is 3. The molecule has 1 aliphatic carbocycles. The molecule has 3 aliphatic rings. The molecule has 5 nitrogen and oxygen atoms in total. The molecule has 1 amide bonds. The van der Waals surface area contributed by atoms with Gasteiger partial charge in [0.25, 0.3) is 5.91 Å². The summed E-state index contributed by atoms with van der Waals surface area (Å²) in [5.74, 6) is 1.57. The first-order chi connectivity index (χ1) is 11.8. The molecule has 0 bridgehead atoms. The Morgan fingerprint density at radius 1 is 1.00 bits per heavy atom. The van der Waals surface area contributed by atoms with Crippen LogP contribution in [-0.2, 0) is 6.54 Å². The summed E-state index contributed by atoms with van der Waals surface area (Å²) in [4.78, 5) is 15.4. The molecule has 0 N–H and O–H groups in total. The van der Waals surface area contributed by atoms with E-state index in [1.807, 2.05) is 10.7 Å². The lowest BCUT2D eigenvalue weighted by atomic mass is 9.81. The summed E-state index contributed by atoms with van der Waals surface area (Å²) in [6.45, 7) is 2.48. The standard InChI is InChI=1S/C19H29N3O2/c23-19(16-14-18-22(20-16)12-7-13-24-18)21-11-6-2-5-10-17(21)15-8-3-1-4-9-15/h14-15,17H,1-13H2. The van der Waals surface area contributed by atoms with Crippen molar-refractivity contribution in [1.29, 1.82) is 0 Å². The molecule has 0 spiro atoms. The Balaban J connectivity index is 1.56. The van der Waals surface area contributed by atoms with Gasteiger partial charge in [-0.3, -0.25) is 4.79 Å². The maximum atomic E-state index is 13.2. The van der Waals surface area contributed by atoms with E-state index in [9.17, 15) is 4.79 Å². The number of hydrogen-bond acceptors (Lipinski definition) is 3. The molecule has 24 heavy (non-hydrogen) atoms. The first-order valence-electron chi connectivity index (χ1n) is 9.84. The number of rotatable bonds is 2. The lowest BCUT2D eigenvalue weighted by molar-refractivity contribution is 0.0568. The molecule has 1 aromatic rings. The van der Waals surface area contributed by atoms with Crippen LogP contribution in [-0.4, -0.2) is 39.8 Å². The van der Waals surface area contributed by atoms with Gasteiger partial charge in [-0.15, -0.1) is 0 Å². The zero-order chi connectivity index (χ0) is 16.4. The monoisotopic (exact) mass is 331 g/mol. The predicted molar refractivity (Wildman–Crippen MR) is 92.2 cm³/mol. The van der Waals surface area contributed by atoms with Gasteiger partial charge in [-0.2, -0.15) is 5.10 Å². The smallest absolute Gasteiger partial charge is 0.274 e. The Labute approximate surface area is 144 Å². The fraction of sp³-hybridized carbons (Fsp3) is 0.789. The van der Waals surface area contributed by atoms with E-state index in [2.05, 4.69) is 10.00 Å². The third kappa shape index (κ3) is 3.17. The normalized spacial score (nSPS) is 25.7. The van der Waals surface area contributed by atoms with Crippen molar-refractivity contribution in [3.63, 3.8) is 0 Å². The van der Waals surface area contributed by atoms with Gasteiger partial charge < -0.3 is 9.64 Å². The van der Waals surface area contributed by atoms with Crippen molar-refractivity contribution in [3.05, 3.63) is 11.8 Å². The third-order valence-corrected chi connectivity index (χ3v) is 5.98. The second kappa shape index (κ2) is 7.16. The summed E-state index contributed by atoms with van der Waals surface area (Å²) in [6.07, 6.45) is 12.4. The number of aryl methyl sites for hydroxylation is 1. The molecular weight excluding hydrogens is 302 g/mol. The third-order valence-electron chi connectivity index (χ3n) is 5.98. The van der Waals surface area contributed by atoms with Crippen molar-refractivity contribution in [2.75, 3.05) is 13.2 Å². The van der Waals surface area contributed by atoms with Crippen molar-refractivity contribution in [1.82, 2.24) is 14.7 Å². The van der Waals surface area contributed by atoms with Crippen LogP contribution in [0.1, 0.15) is 74.7 Å². The summed E-state index contributed by atoms with van der Waals surface area (Å²) >= 11 is 0. The van der Waals surface area contributed by atoms with Gasteiger partial charge in [0.05, 0.1) is 6.61 Å². The molecule has 5 heteroatoms. The highest BCUT2D eigenvalue weighted by atomic mass is 16.5. The molecule has 1 aromatic heterocycles. The molecule has 132 valence electrons. The molecule has 3 heterocycles. The van der Waals surface area contributed by atoms with Gasteiger partial charge in [0.1, 0.15) is 0 Å². The quantitative estimate of drug-likeness (QED) is 0.831. The topological polar surface area (TPSA) is 47.4 Å². The van der Waals surface area contributed by atoms with Crippen LogP contribution in [0, 0.1) is 5.92 Å². The second-order valence-electron chi connectivity index (χ2n) is 7.61. The number of ether oxygens (including phenoxy) is 1. The number of aromatic nitrogens is 2. The molecule has 0 radical (unpaired) electrons. The Morgan fingerprint density at radius 2 is 1.79 bits per heavy atom. The lowest BCUT2D eigenvalue weighted by Crippen LogP contribution is -2.45. The highest BCUT2D eigenvalue weighted by Crippen LogP contribution is 2.34. The maximum Gasteiger partial charge on any atom is 0.274 e. The summed E-state index contributed by atoms with van der Waals surface area (Å²) in [5, 5.41) is 4.54. The van der Waals surface area contributed by atoms with Gasteiger partial charge in [0.2, 0.25) is 5.88 Å². The SMILES string of the molecule is O=C(c1cc2n(n1)CCCO2)N1CCCCCC1C1CCCCC1. The molecule has 1 saturated carbocycles. The van der Waals surface area contributed by atoms with Crippen molar-refractivity contribution >= 4 is 5.91 Å². The maximum absolute atomic E-state index is 13.2. The molecule has 1 saturated heterocycles. The van der Waals surface area contributed by atoms with E-state index >= 15 is 0 Å². The van der Waals surface area contributed by atoms with Gasteiger partial charge in [0, 0.05) is 31.6 Å². The highest BCUT2D eigenvalue weighted by Gasteiger charge is 2.34. The second-order valence-corrected chi connectivity index (χ2v) is 7.61. The van der Waals surface area contributed by atoms with Crippen molar-refractivity contribution in [2.24, 2.45) is 5.92 Å². The van der Waals surface area contributed by atoms with Crippen LogP contribution < -0.4 is 4.74 Å². The first kappa shape index (κ1) is 16.0. The number of likely N-dealkylation sites (tertiary alicyclic amines) is 1. The molecule has 1 unspecified atom stereocenters. The molecular formula is C19H29N3O2. The number of amides is 1. The van der Waals surface area contributed by atoms with Crippen LogP contribution in [0.2, 0.25) is 0 Å². The van der Waals surface area contributed by atoms with Crippen molar-refractivity contribution in [2.45, 2.75) is 76.8 Å². The highest BCUT2D eigenvalue weighted by molar-refractivity contribution is 5.93. The van der Waals surface area contributed by atoms with E-state index in [-0.39, 0.29) is 5.91 Å². The average molecular weight is 331 g/mol. The van der Waals surface area contributed by atoms with E-state index in [1.165, 1.54) is 51.4 Å². The summed E-state index contributed by atoms with van der Waals surface area (Å²) in [5.41, 5.74) is 0.578. The van der Waals surface area contributed by atoms with Crippen LogP contribution in [0.25, 0.3) is 0 Å². The van der Waals surface area contributed by atoms with E-state index in [0.717, 1.165) is 38.4 Å². The van der Waals surface area contributed by atoms with E-state index in [1.54, 1.807) is 0 Å². The minimum atomic E-state index is 0.123. The van der Waals surface area contributed by atoms with E-state index in [0.29, 0.717) is 17.7 Å². The number of fused-ring (bicyclic) bond motifs is 1. The van der Waals surface area contributed by atoms with Crippen LogP contribution >= 0.6 is 0 Å². The van der Waals surface area contributed by atoms with Crippen molar-refractivity contribution in [3.8, 4) is 5.88 Å². The zero-order valence-corrected chi connectivity index (χ0v) is 14.6. The Bertz CT molecular complexity index is 554. The van der Waals surface area contributed by atoms with Crippen LogP contribution in [0.4, 0.5) is 0 Å². The molecule has 2 fully saturated rings. The van der Waals surface area contributed by atoms with E-state index < -0.39 is 0 Å². The van der Waals surface area contributed by atoms with Crippen LogP contribution in [0.15, 0.2) is 6.07 Å². The summed E-state index contributed by atoms with van der Waals surface area (Å²) in [7, 11) is 0. The minimum Gasteiger partial charge on any atom is -0.478 e. The summed E-state index contributed by atoms with van der Waals surface area (Å²) in [6, 6.07) is 2.27. The minimum absolute atomic E-state index is 0.123. The van der Waals surface area contributed by atoms with Crippen molar-refractivity contribution < 1.29 is 9.53 Å². The van der Waals surface area contributed by atoms with Gasteiger partial charge in [-0.1, -0.05) is 32.1 Å². The van der Waals surface area contributed by atoms with Gasteiger partial charge in [-0.05, 0) is 31.6 Å². The van der Waals surface area contributed by atoms with Gasteiger partial charge in [-0.25, -0.2) is 4.68 Å². The Morgan fingerprint density at radius 3 is 2.62 bits per heavy atom. The fourth-order valence-corrected chi connectivity index (χ4v) is 4.71. The number of carbonyl (C=O) groups excluding carboxylic acids is 1. The number of carbonyl (C=O) groups is 1. The van der Waals surface area contributed by atoms with Crippen LogP contribution in [0.5, 0.6) is 5.88 Å². The summed E-state index contributed by atoms with van der Waals surface area (Å²) < 4.78 is 7.49. The average Bonchev–Trinajstić information content (AvgIpc) is 2.91. The van der Waals surface area contributed by atoms with Crippen LogP contribution in [0.3, 0.4) is 0 Å². The predicted octanol–water partition coefficient (Wildman–Crippen LogP) is 3.63. The molecule has 4 rings (SSSR count).